The molecule has 0 radical (unpaired) electrons. The third-order valence-electron chi connectivity index (χ3n) is 2.62. The van der Waals surface area contributed by atoms with Gasteiger partial charge >= 0.3 is 6.03 Å². The van der Waals surface area contributed by atoms with Crippen LogP contribution in [0.15, 0.2) is 24.3 Å². The Hall–Kier alpha value is -1.58. The summed E-state index contributed by atoms with van der Waals surface area (Å²) in [6.07, 6.45) is 0. The topological polar surface area (TPSA) is 32.3 Å². The molecule has 0 saturated carbocycles. The summed E-state index contributed by atoms with van der Waals surface area (Å²) in [5.74, 6) is -0.267. The average Bonchev–Trinajstić information content (AvgIpc) is 2.60. The zero-order valence-electron chi connectivity index (χ0n) is 8.53. The summed E-state index contributed by atoms with van der Waals surface area (Å²) < 4.78 is 13.0. The second kappa shape index (κ2) is 3.88. The zero-order valence-corrected chi connectivity index (χ0v) is 8.53. The Labute approximate surface area is 87.9 Å². The first kappa shape index (κ1) is 9.96. The lowest BCUT2D eigenvalue weighted by Gasteiger charge is -2.11. The minimum absolute atomic E-state index is 0.0771. The van der Waals surface area contributed by atoms with E-state index in [1.807, 2.05) is 13.0 Å². The van der Waals surface area contributed by atoms with E-state index in [0.717, 1.165) is 5.56 Å². The number of urea groups is 1. The van der Waals surface area contributed by atoms with Crippen LogP contribution in [0.5, 0.6) is 0 Å². The molecule has 1 unspecified atom stereocenters. The fraction of sp³-hybridized carbons (Fsp3) is 0.364. The molecule has 1 saturated heterocycles. The lowest BCUT2D eigenvalue weighted by Crippen LogP contribution is -2.27. The molecule has 15 heavy (non-hydrogen) atoms. The molecule has 1 aliphatic heterocycles. The monoisotopic (exact) mass is 208 g/mol. The molecule has 1 aromatic carbocycles. The molecule has 4 heteroatoms. The number of benzene rings is 1. The number of halogens is 1. The summed E-state index contributed by atoms with van der Waals surface area (Å²) in [5, 5.41) is 2.82. The van der Waals surface area contributed by atoms with E-state index >= 15 is 0 Å². The van der Waals surface area contributed by atoms with Gasteiger partial charge in [-0.3, -0.25) is 0 Å². The van der Waals surface area contributed by atoms with Gasteiger partial charge in [0.25, 0.3) is 0 Å². The molecule has 1 heterocycles. The summed E-state index contributed by atoms with van der Waals surface area (Å²) in [6, 6.07) is 6.18. The Bertz CT molecular complexity index is 381. The quantitative estimate of drug-likeness (QED) is 0.791. The molecule has 1 atom stereocenters. The van der Waals surface area contributed by atoms with Gasteiger partial charge < -0.3 is 10.2 Å². The normalized spacial score (nSPS) is 20.5. The van der Waals surface area contributed by atoms with Crippen molar-refractivity contribution in [3.05, 3.63) is 35.6 Å². The van der Waals surface area contributed by atoms with Crippen LogP contribution in [0.25, 0.3) is 0 Å². The molecule has 0 bridgehead atoms. The number of hydrogen-bond donors (Lipinski definition) is 1. The Morgan fingerprint density at radius 3 is 3.00 bits per heavy atom. The lowest BCUT2D eigenvalue weighted by atomic mass is 10.1. The Morgan fingerprint density at radius 2 is 2.40 bits per heavy atom. The van der Waals surface area contributed by atoms with Gasteiger partial charge in [-0.25, -0.2) is 9.18 Å². The summed E-state index contributed by atoms with van der Waals surface area (Å²) in [4.78, 5) is 13.1. The van der Waals surface area contributed by atoms with Gasteiger partial charge in [-0.05, 0) is 24.6 Å². The fourth-order valence-corrected chi connectivity index (χ4v) is 1.77. The van der Waals surface area contributed by atoms with Crippen LogP contribution < -0.4 is 5.32 Å². The van der Waals surface area contributed by atoms with E-state index in [2.05, 4.69) is 5.32 Å². The van der Waals surface area contributed by atoms with Crippen LogP contribution in [0.2, 0.25) is 0 Å². The Kier molecular flexibility index (Phi) is 2.58. The van der Waals surface area contributed by atoms with Gasteiger partial charge in [0.2, 0.25) is 0 Å². The van der Waals surface area contributed by atoms with Gasteiger partial charge in [0, 0.05) is 13.1 Å². The van der Waals surface area contributed by atoms with Crippen LogP contribution in [-0.2, 0) is 0 Å². The smallest absolute Gasteiger partial charge is 0.318 e. The third-order valence-corrected chi connectivity index (χ3v) is 2.62. The largest absolute Gasteiger partial charge is 0.329 e. The number of nitrogens with zero attached hydrogens (tertiary/aromatic N) is 1. The highest BCUT2D eigenvalue weighted by atomic mass is 19.1. The van der Waals surface area contributed by atoms with Crippen LogP contribution in [0.1, 0.15) is 18.5 Å². The lowest BCUT2D eigenvalue weighted by molar-refractivity contribution is 0.219. The predicted octanol–water partition coefficient (Wildman–Crippen LogP) is 1.91. The SMILES string of the molecule is CCN1CC(c2cccc(F)c2)NC1=O. The number of carbonyl (C=O) groups is 1. The average molecular weight is 208 g/mol. The van der Waals surface area contributed by atoms with Crippen LogP contribution in [0.3, 0.4) is 0 Å². The van der Waals surface area contributed by atoms with E-state index in [1.54, 1.807) is 11.0 Å². The number of nitrogens with one attached hydrogen (secondary N) is 1. The molecule has 80 valence electrons. The molecule has 3 nitrogen and oxygen atoms in total. The summed E-state index contributed by atoms with van der Waals surface area (Å²) in [5.41, 5.74) is 0.819. The maximum absolute atomic E-state index is 13.0. The summed E-state index contributed by atoms with van der Waals surface area (Å²) in [6.45, 7) is 3.21. The highest BCUT2D eigenvalue weighted by Crippen LogP contribution is 2.20. The molecule has 1 aromatic rings. The van der Waals surface area contributed by atoms with E-state index in [0.29, 0.717) is 13.1 Å². The second-order valence-corrected chi connectivity index (χ2v) is 3.60. The standard InChI is InChI=1S/C11H13FN2O/c1-2-14-7-10(13-11(14)15)8-4-3-5-9(12)6-8/h3-6,10H,2,7H2,1H3,(H,13,15). The molecule has 0 spiro atoms. The van der Waals surface area contributed by atoms with Gasteiger partial charge in [-0.1, -0.05) is 12.1 Å². The van der Waals surface area contributed by atoms with Gasteiger partial charge in [0.15, 0.2) is 0 Å². The van der Waals surface area contributed by atoms with Crippen molar-refractivity contribution in [2.45, 2.75) is 13.0 Å². The van der Waals surface area contributed by atoms with Crippen molar-refractivity contribution in [3.8, 4) is 0 Å². The van der Waals surface area contributed by atoms with E-state index in [-0.39, 0.29) is 17.9 Å². The van der Waals surface area contributed by atoms with Crippen LogP contribution in [0.4, 0.5) is 9.18 Å². The van der Waals surface area contributed by atoms with Gasteiger partial charge in [0.05, 0.1) is 6.04 Å². The van der Waals surface area contributed by atoms with Crippen molar-refractivity contribution < 1.29 is 9.18 Å². The summed E-state index contributed by atoms with van der Waals surface area (Å²) >= 11 is 0. The molecule has 1 fully saturated rings. The zero-order chi connectivity index (χ0) is 10.8. The first-order valence-corrected chi connectivity index (χ1v) is 5.01. The van der Waals surface area contributed by atoms with Gasteiger partial charge in [-0.2, -0.15) is 0 Å². The van der Waals surface area contributed by atoms with Crippen molar-refractivity contribution >= 4 is 6.03 Å². The van der Waals surface area contributed by atoms with Gasteiger partial charge in [0.1, 0.15) is 5.82 Å². The van der Waals surface area contributed by atoms with Crippen LogP contribution in [0, 0.1) is 5.82 Å². The van der Waals surface area contributed by atoms with Crippen LogP contribution >= 0.6 is 0 Å². The number of carbonyl (C=O) groups excluding carboxylic acids is 1. The molecule has 0 aliphatic carbocycles. The molecular weight excluding hydrogens is 195 g/mol. The highest BCUT2D eigenvalue weighted by Gasteiger charge is 2.28. The van der Waals surface area contributed by atoms with Crippen LogP contribution in [-0.4, -0.2) is 24.0 Å². The maximum Gasteiger partial charge on any atom is 0.318 e. The van der Waals surface area contributed by atoms with Crippen molar-refractivity contribution in [3.63, 3.8) is 0 Å². The fourth-order valence-electron chi connectivity index (χ4n) is 1.77. The first-order chi connectivity index (χ1) is 7.20. The van der Waals surface area contributed by atoms with Crippen molar-refractivity contribution in [2.75, 3.05) is 13.1 Å². The number of hydrogen-bond acceptors (Lipinski definition) is 1. The Balaban J connectivity index is 2.17. The number of rotatable bonds is 2. The van der Waals surface area contributed by atoms with Crippen molar-refractivity contribution in [2.24, 2.45) is 0 Å². The van der Waals surface area contributed by atoms with Crippen molar-refractivity contribution in [1.29, 1.82) is 0 Å². The highest BCUT2D eigenvalue weighted by molar-refractivity contribution is 5.77. The maximum atomic E-state index is 13.0. The Morgan fingerprint density at radius 1 is 1.60 bits per heavy atom. The van der Waals surface area contributed by atoms with E-state index in [1.165, 1.54) is 12.1 Å². The predicted molar refractivity (Wildman–Crippen MR) is 54.9 cm³/mol. The van der Waals surface area contributed by atoms with E-state index in [9.17, 15) is 9.18 Å². The second-order valence-electron chi connectivity index (χ2n) is 3.60. The first-order valence-electron chi connectivity index (χ1n) is 5.01. The molecule has 2 rings (SSSR count). The molecule has 1 aliphatic rings. The summed E-state index contributed by atoms with van der Waals surface area (Å²) in [7, 11) is 0. The molecule has 2 amide bonds. The number of likely N-dealkylation sites (N-methyl/N-ethyl adjacent to an activating group) is 1. The third kappa shape index (κ3) is 1.93. The molecule has 1 N–H and O–H groups in total. The van der Waals surface area contributed by atoms with E-state index < -0.39 is 0 Å². The number of amides is 2. The van der Waals surface area contributed by atoms with Crippen molar-refractivity contribution in [1.82, 2.24) is 10.2 Å². The molecule has 0 aromatic heterocycles. The minimum atomic E-state index is -0.267. The van der Waals surface area contributed by atoms with E-state index in [4.69, 9.17) is 0 Å². The molecular formula is C11H13FN2O. The van der Waals surface area contributed by atoms with Gasteiger partial charge in [-0.15, -0.1) is 0 Å². The minimum Gasteiger partial charge on any atom is -0.329 e.